The normalized spacial score (nSPS) is 12.9. The van der Waals surface area contributed by atoms with E-state index in [-0.39, 0.29) is 18.0 Å². The highest BCUT2D eigenvalue weighted by molar-refractivity contribution is 5.52. The predicted octanol–water partition coefficient (Wildman–Crippen LogP) is 2.19. The summed E-state index contributed by atoms with van der Waals surface area (Å²) >= 11 is 0. The van der Waals surface area contributed by atoms with Crippen LogP contribution in [0.25, 0.3) is 11.4 Å². The smallest absolute Gasteiger partial charge is 0.244 e. The van der Waals surface area contributed by atoms with Gasteiger partial charge in [0, 0.05) is 18.0 Å². The number of pyridine rings is 1. The van der Waals surface area contributed by atoms with E-state index < -0.39 is 0 Å². The van der Waals surface area contributed by atoms with Crippen molar-refractivity contribution in [3.8, 4) is 11.4 Å². The Kier molecular flexibility index (Phi) is 5.13. The molecule has 0 aliphatic heterocycles. The molecular weight excluding hydrogens is 320 g/mol. The van der Waals surface area contributed by atoms with Crippen molar-refractivity contribution in [2.75, 3.05) is 0 Å². The number of rotatable bonds is 7. The summed E-state index contributed by atoms with van der Waals surface area (Å²) in [5.74, 6) is 2.13. The molecule has 0 spiro atoms. The summed E-state index contributed by atoms with van der Waals surface area (Å²) in [4.78, 5) is 8.53. The van der Waals surface area contributed by atoms with Gasteiger partial charge in [-0.1, -0.05) is 19.0 Å². The molecule has 1 unspecified atom stereocenters. The second-order valence-electron chi connectivity index (χ2n) is 6.43. The molecule has 1 N–H and O–H groups in total. The van der Waals surface area contributed by atoms with Crippen LogP contribution in [0.1, 0.15) is 51.5 Å². The van der Waals surface area contributed by atoms with E-state index in [4.69, 9.17) is 4.52 Å². The van der Waals surface area contributed by atoms with Gasteiger partial charge in [-0.25, -0.2) is 4.68 Å². The number of hydrogen-bond donors (Lipinski definition) is 1. The van der Waals surface area contributed by atoms with Crippen molar-refractivity contribution >= 4 is 0 Å². The summed E-state index contributed by atoms with van der Waals surface area (Å²) in [5, 5.41) is 19.3. The molecule has 0 amide bonds. The molecule has 0 fully saturated rings. The minimum Gasteiger partial charge on any atom is -0.337 e. The third-order valence-electron chi connectivity index (χ3n) is 3.84. The van der Waals surface area contributed by atoms with Gasteiger partial charge < -0.3 is 4.52 Å². The zero-order chi connectivity index (χ0) is 17.8. The Morgan fingerprint density at radius 2 is 1.92 bits per heavy atom. The van der Waals surface area contributed by atoms with Gasteiger partial charge in [-0.3, -0.25) is 10.3 Å². The Labute approximate surface area is 145 Å². The van der Waals surface area contributed by atoms with E-state index in [9.17, 15) is 0 Å². The SMILES string of the molecule is CC(C)C(NCc1nnnn1C(C)C)c1nc(-c2ccncc2)no1. The van der Waals surface area contributed by atoms with Gasteiger partial charge in [0.2, 0.25) is 11.7 Å². The minimum atomic E-state index is -0.0969. The quantitative estimate of drug-likeness (QED) is 0.696. The summed E-state index contributed by atoms with van der Waals surface area (Å²) in [6, 6.07) is 3.80. The summed E-state index contributed by atoms with van der Waals surface area (Å²) in [6.45, 7) is 8.79. The predicted molar refractivity (Wildman–Crippen MR) is 90.1 cm³/mol. The monoisotopic (exact) mass is 342 g/mol. The molecule has 3 aromatic rings. The van der Waals surface area contributed by atoms with Gasteiger partial charge >= 0.3 is 0 Å². The number of aromatic nitrogens is 7. The maximum Gasteiger partial charge on any atom is 0.244 e. The lowest BCUT2D eigenvalue weighted by atomic mass is 10.0. The fourth-order valence-corrected chi connectivity index (χ4v) is 2.52. The van der Waals surface area contributed by atoms with E-state index in [0.29, 0.717) is 18.3 Å². The van der Waals surface area contributed by atoms with Gasteiger partial charge in [0.25, 0.3) is 0 Å². The maximum atomic E-state index is 5.49. The minimum absolute atomic E-state index is 0.0969. The molecule has 0 radical (unpaired) electrons. The maximum absolute atomic E-state index is 5.49. The lowest BCUT2D eigenvalue weighted by molar-refractivity contribution is 0.284. The van der Waals surface area contributed by atoms with Crippen LogP contribution in [0.3, 0.4) is 0 Å². The van der Waals surface area contributed by atoms with Crippen molar-refractivity contribution in [1.29, 1.82) is 0 Å². The van der Waals surface area contributed by atoms with Crippen LogP contribution in [-0.4, -0.2) is 35.3 Å². The van der Waals surface area contributed by atoms with E-state index >= 15 is 0 Å². The van der Waals surface area contributed by atoms with Crippen LogP contribution in [0.15, 0.2) is 29.0 Å². The average molecular weight is 342 g/mol. The summed E-state index contributed by atoms with van der Waals surface area (Å²) in [7, 11) is 0. The Balaban J connectivity index is 1.76. The van der Waals surface area contributed by atoms with Gasteiger partial charge in [-0.05, 0) is 42.3 Å². The molecule has 1 atom stereocenters. The molecular formula is C16H22N8O. The Bertz CT molecular complexity index is 795. The third kappa shape index (κ3) is 3.87. The fraction of sp³-hybridized carbons (Fsp3) is 0.500. The highest BCUT2D eigenvalue weighted by Crippen LogP contribution is 2.23. The van der Waals surface area contributed by atoms with Crippen molar-refractivity contribution < 1.29 is 4.52 Å². The Morgan fingerprint density at radius 3 is 2.60 bits per heavy atom. The van der Waals surface area contributed by atoms with Gasteiger partial charge in [0.1, 0.15) is 0 Å². The first-order valence-electron chi connectivity index (χ1n) is 8.30. The fourth-order valence-electron chi connectivity index (χ4n) is 2.52. The van der Waals surface area contributed by atoms with Crippen LogP contribution in [-0.2, 0) is 6.54 Å². The lowest BCUT2D eigenvalue weighted by Crippen LogP contribution is -2.27. The second kappa shape index (κ2) is 7.47. The van der Waals surface area contributed by atoms with E-state index in [0.717, 1.165) is 11.4 Å². The van der Waals surface area contributed by atoms with Crippen LogP contribution in [0, 0.1) is 5.92 Å². The number of nitrogens with one attached hydrogen (secondary N) is 1. The molecule has 0 aromatic carbocycles. The van der Waals surface area contributed by atoms with E-state index in [2.05, 4.69) is 49.8 Å². The third-order valence-corrected chi connectivity index (χ3v) is 3.84. The largest absolute Gasteiger partial charge is 0.337 e. The van der Waals surface area contributed by atoms with Crippen LogP contribution in [0.5, 0.6) is 0 Å². The zero-order valence-corrected chi connectivity index (χ0v) is 14.8. The second-order valence-corrected chi connectivity index (χ2v) is 6.43. The van der Waals surface area contributed by atoms with Crippen molar-refractivity contribution in [2.24, 2.45) is 5.92 Å². The average Bonchev–Trinajstić information content (AvgIpc) is 3.25. The summed E-state index contributed by atoms with van der Waals surface area (Å²) in [6.07, 6.45) is 3.41. The first kappa shape index (κ1) is 17.2. The Morgan fingerprint density at radius 1 is 1.16 bits per heavy atom. The molecule has 9 heteroatoms. The summed E-state index contributed by atoms with van der Waals surface area (Å²) in [5.41, 5.74) is 0.872. The van der Waals surface area contributed by atoms with Crippen molar-refractivity contribution in [3.63, 3.8) is 0 Å². The van der Waals surface area contributed by atoms with Crippen LogP contribution < -0.4 is 5.32 Å². The van der Waals surface area contributed by atoms with Crippen LogP contribution in [0.2, 0.25) is 0 Å². The van der Waals surface area contributed by atoms with Crippen LogP contribution >= 0.6 is 0 Å². The molecule has 3 rings (SSSR count). The first-order valence-corrected chi connectivity index (χ1v) is 8.30. The van der Waals surface area contributed by atoms with Gasteiger partial charge in [0.15, 0.2) is 5.82 Å². The summed E-state index contributed by atoms with van der Waals surface area (Å²) < 4.78 is 7.28. The highest BCUT2D eigenvalue weighted by Gasteiger charge is 2.23. The van der Waals surface area contributed by atoms with E-state index in [1.807, 2.05) is 26.0 Å². The standard InChI is InChI=1S/C16H22N8O/c1-10(2)14(18-9-13-20-22-23-24(13)11(3)4)16-19-15(21-25-16)12-5-7-17-8-6-12/h5-8,10-11,14,18H,9H2,1-4H3. The molecule has 25 heavy (non-hydrogen) atoms. The molecule has 0 saturated carbocycles. The molecule has 0 saturated heterocycles. The number of tetrazole rings is 1. The van der Waals surface area contributed by atoms with Crippen LogP contribution in [0.4, 0.5) is 0 Å². The molecule has 9 nitrogen and oxygen atoms in total. The van der Waals surface area contributed by atoms with Crippen molar-refractivity contribution in [1.82, 2.24) is 40.6 Å². The molecule has 3 aromatic heterocycles. The highest BCUT2D eigenvalue weighted by atomic mass is 16.5. The first-order chi connectivity index (χ1) is 12.1. The Hall–Kier alpha value is -2.68. The topological polar surface area (TPSA) is 107 Å². The van der Waals surface area contributed by atoms with Gasteiger partial charge in [0.05, 0.1) is 18.6 Å². The number of nitrogens with zero attached hydrogens (tertiary/aromatic N) is 7. The number of hydrogen-bond acceptors (Lipinski definition) is 8. The lowest BCUT2D eigenvalue weighted by Gasteiger charge is -2.18. The van der Waals surface area contributed by atoms with Gasteiger partial charge in [-0.2, -0.15) is 4.98 Å². The molecule has 0 bridgehead atoms. The van der Waals surface area contributed by atoms with E-state index in [1.54, 1.807) is 17.1 Å². The molecule has 3 heterocycles. The zero-order valence-electron chi connectivity index (χ0n) is 14.8. The molecule has 0 aliphatic carbocycles. The molecule has 0 aliphatic rings. The van der Waals surface area contributed by atoms with Gasteiger partial charge in [-0.15, -0.1) is 5.10 Å². The van der Waals surface area contributed by atoms with Crippen molar-refractivity contribution in [3.05, 3.63) is 36.2 Å². The van der Waals surface area contributed by atoms with Crippen molar-refractivity contribution in [2.45, 2.75) is 46.3 Å². The molecule has 132 valence electrons. The van der Waals surface area contributed by atoms with E-state index in [1.165, 1.54) is 0 Å².